The van der Waals surface area contributed by atoms with Crippen LogP contribution in [0.1, 0.15) is 24.5 Å². The van der Waals surface area contributed by atoms with Gasteiger partial charge in [-0.2, -0.15) is 0 Å². The van der Waals surface area contributed by atoms with Gasteiger partial charge in [0.15, 0.2) is 6.61 Å². The number of ether oxygens (including phenoxy) is 2. The van der Waals surface area contributed by atoms with Crippen molar-refractivity contribution in [3.05, 3.63) is 78.0 Å². The van der Waals surface area contributed by atoms with E-state index in [2.05, 4.69) is 22.5 Å². The lowest BCUT2D eigenvalue weighted by Crippen LogP contribution is -2.54. The Hall–Kier alpha value is -3.13. The van der Waals surface area contributed by atoms with Crippen LogP contribution in [0.25, 0.3) is 10.9 Å². The predicted molar refractivity (Wildman–Crippen MR) is 140 cm³/mol. The van der Waals surface area contributed by atoms with Gasteiger partial charge in [-0.3, -0.25) is 9.88 Å². The lowest BCUT2D eigenvalue weighted by molar-refractivity contribution is -0.139. The number of methoxy groups -OCH3 is 1. The molecule has 0 aliphatic carbocycles. The van der Waals surface area contributed by atoms with E-state index >= 15 is 0 Å². The first kappa shape index (κ1) is 25.9. The number of piperidine rings is 3. The second-order valence-corrected chi connectivity index (χ2v) is 9.55. The van der Waals surface area contributed by atoms with Crippen molar-refractivity contribution in [3.8, 4) is 11.5 Å². The summed E-state index contributed by atoms with van der Waals surface area (Å²) in [5.41, 5.74) is 1.85. The molecule has 2 bridgehead atoms. The van der Waals surface area contributed by atoms with Gasteiger partial charge in [0.05, 0.1) is 18.7 Å². The lowest BCUT2D eigenvalue weighted by atomic mass is 9.73. The molecule has 6 rings (SSSR count). The van der Waals surface area contributed by atoms with Crippen molar-refractivity contribution in [3.63, 3.8) is 0 Å². The van der Waals surface area contributed by atoms with E-state index in [9.17, 15) is 9.90 Å². The first-order valence-corrected chi connectivity index (χ1v) is 12.3. The van der Waals surface area contributed by atoms with Gasteiger partial charge in [0.2, 0.25) is 0 Å². The third-order valence-corrected chi connectivity index (χ3v) is 7.25. The van der Waals surface area contributed by atoms with E-state index in [-0.39, 0.29) is 12.6 Å². The normalized spacial score (nSPS) is 23.3. The van der Waals surface area contributed by atoms with E-state index in [1.807, 2.05) is 24.3 Å². The third-order valence-electron chi connectivity index (χ3n) is 7.00. The highest BCUT2D eigenvalue weighted by Gasteiger charge is 2.42. The first-order valence-electron chi connectivity index (χ1n) is 12.0. The van der Waals surface area contributed by atoms with Gasteiger partial charge in [0, 0.05) is 29.2 Å². The van der Waals surface area contributed by atoms with Crippen LogP contribution >= 0.6 is 11.6 Å². The number of hydrogen-bond donors (Lipinski definition) is 2. The average molecular weight is 511 g/mol. The summed E-state index contributed by atoms with van der Waals surface area (Å²) in [6.45, 7) is 5.74. The largest absolute Gasteiger partial charge is 0.497 e. The maximum atomic E-state index is 11.2. The molecule has 3 aromatic rings. The Kier molecular flexibility index (Phi) is 8.46. The van der Waals surface area contributed by atoms with Crippen LogP contribution in [0.5, 0.6) is 11.5 Å². The highest BCUT2D eigenvalue weighted by molar-refractivity contribution is 6.30. The Balaban J connectivity index is 0.000000214. The molecule has 5 atom stereocenters. The smallest absolute Gasteiger partial charge is 0.341 e. The minimum absolute atomic E-state index is 0.178. The number of pyridine rings is 1. The number of halogens is 1. The zero-order valence-electron chi connectivity index (χ0n) is 20.2. The van der Waals surface area contributed by atoms with Gasteiger partial charge in [0.25, 0.3) is 0 Å². The van der Waals surface area contributed by atoms with Gasteiger partial charge in [-0.15, -0.1) is 6.58 Å². The van der Waals surface area contributed by atoms with E-state index in [1.165, 1.54) is 6.42 Å². The summed E-state index contributed by atoms with van der Waals surface area (Å²) in [6, 6.07) is 14.5. The molecule has 8 heteroatoms. The summed E-state index contributed by atoms with van der Waals surface area (Å²) >= 11 is 5.60. The molecular weight excluding hydrogens is 480 g/mol. The van der Waals surface area contributed by atoms with Gasteiger partial charge >= 0.3 is 5.97 Å². The van der Waals surface area contributed by atoms with Crippen molar-refractivity contribution in [2.75, 3.05) is 26.8 Å². The molecule has 1 unspecified atom stereocenters. The summed E-state index contributed by atoms with van der Waals surface area (Å²) in [6.07, 6.45) is 5.62. The van der Waals surface area contributed by atoms with E-state index in [0.717, 1.165) is 41.7 Å². The number of fused-ring (bicyclic) bond motifs is 4. The van der Waals surface area contributed by atoms with Crippen molar-refractivity contribution < 1.29 is 24.5 Å². The number of aliphatic carboxylic acids is 1. The van der Waals surface area contributed by atoms with Gasteiger partial charge < -0.3 is 19.7 Å². The number of nitrogens with zero attached hydrogens (tertiary/aromatic N) is 2. The molecule has 4 heterocycles. The van der Waals surface area contributed by atoms with Crippen molar-refractivity contribution in [1.29, 1.82) is 0 Å². The molecule has 190 valence electrons. The second-order valence-electron chi connectivity index (χ2n) is 9.11. The summed E-state index contributed by atoms with van der Waals surface area (Å²) in [4.78, 5) is 16.9. The van der Waals surface area contributed by atoms with Crippen molar-refractivity contribution in [1.82, 2.24) is 9.88 Å². The number of hydrogen-bond acceptors (Lipinski definition) is 6. The maximum absolute atomic E-state index is 11.2. The quantitative estimate of drug-likeness (QED) is 0.433. The van der Waals surface area contributed by atoms with Crippen LogP contribution in [0.15, 0.2) is 67.4 Å². The molecule has 36 heavy (non-hydrogen) atoms. The fourth-order valence-electron chi connectivity index (χ4n) is 5.12. The minimum Gasteiger partial charge on any atom is -0.497 e. The third kappa shape index (κ3) is 5.98. The fraction of sp³-hybridized carbons (Fsp3) is 0.357. The number of benzene rings is 2. The molecule has 0 saturated carbocycles. The molecule has 7 nitrogen and oxygen atoms in total. The van der Waals surface area contributed by atoms with Gasteiger partial charge in [-0.05, 0) is 85.3 Å². The van der Waals surface area contributed by atoms with E-state index in [4.69, 9.17) is 26.2 Å². The van der Waals surface area contributed by atoms with Crippen LogP contribution in [0.2, 0.25) is 5.02 Å². The van der Waals surface area contributed by atoms with Crippen molar-refractivity contribution in [2.45, 2.75) is 25.0 Å². The Morgan fingerprint density at radius 1 is 1.25 bits per heavy atom. The van der Waals surface area contributed by atoms with Gasteiger partial charge in [-0.25, -0.2) is 4.79 Å². The number of aliphatic hydroxyl groups excluding tert-OH is 1. The van der Waals surface area contributed by atoms with Crippen LogP contribution in [0.4, 0.5) is 0 Å². The Morgan fingerprint density at radius 3 is 2.64 bits per heavy atom. The zero-order valence-corrected chi connectivity index (χ0v) is 21.0. The Morgan fingerprint density at radius 2 is 2.00 bits per heavy atom. The standard InChI is InChI=1S/C20H24N2O2.C8H7ClO3/c1-3-13-12-22-9-7-14(13)10-19(22)20(23)16-6-8-21-18-5-4-15(24-2)11-17(16)18;9-6-1-3-7(4-2-6)12-5-8(10)11/h3-6,8,11,13-14,19-20,23H,1,7,9-10,12H2,2H3;1-4H,5H2,(H,10,11)/t13-,14-,19-,20+;/m0./s1. The molecule has 0 radical (unpaired) electrons. The molecule has 0 amide bonds. The number of carboxylic acids is 1. The van der Waals surface area contributed by atoms with Crippen LogP contribution < -0.4 is 9.47 Å². The van der Waals surface area contributed by atoms with Crippen LogP contribution in [0.3, 0.4) is 0 Å². The maximum Gasteiger partial charge on any atom is 0.341 e. The Bertz CT molecular complexity index is 1200. The zero-order chi connectivity index (χ0) is 25.7. The molecule has 3 fully saturated rings. The van der Waals surface area contributed by atoms with Crippen LogP contribution in [-0.2, 0) is 4.79 Å². The van der Waals surface area contributed by atoms with Crippen molar-refractivity contribution in [2.24, 2.45) is 11.8 Å². The van der Waals surface area contributed by atoms with Gasteiger partial charge in [0.1, 0.15) is 11.5 Å². The number of rotatable bonds is 7. The number of aliphatic hydroxyl groups is 1. The van der Waals surface area contributed by atoms with E-state index in [0.29, 0.717) is 22.6 Å². The number of aromatic nitrogens is 1. The fourth-order valence-corrected chi connectivity index (χ4v) is 5.25. The van der Waals surface area contributed by atoms with Crippen molar-refractivity contribution >= 4 is 28.5 Å². The summed E-state index contributed by atoms with van der Waals surface area (Å²) in [5.74, 6) is 1.51. The molecule has 3 saturated heterocycles. The molecular formula is C28H31ClN2O5. The van der Waals surface area contributed by atoms with Gasteiger partial charge in [-0.1, -0.05) is 17.7 Å². The Labute approximate surface area is 215 Å². The lowest BCUT2D eigenvalue weighted by Gasteiger charge is -2.50. The molecule has 0 spiro atoms. The molecule has 3 aliphatic rings. The summed E-state index contributed by atoms with van der Waals surface area (Å²) in [5, 5.41) is 21.0. The minimum atomic E-state index is -0.995. The summed E-state index contributed by atoms with van der Waals surface area (Å²) < 4.78 is 10.2. The first-order chi connectivity index (χ1) is 17.4. The average Bonchev–Trinajstić information content (AvgIpc) is 2.92. The number of carboxylic acid groups (broad SMARTS) is 1. The van der Waals surface area contributed by atoms with E-state index < -0.39 is 12.1 Å². The number of carbonyl (C=O) groups is 1. The molecule has 2 N–H and O–H groups in total. The monoisotopic (exact) mass is 510 g/mol. The molecule has 3 aliphatic heterocycles. The second kappa shape index (κ2) is 11.7. The molecule has 2 aromatic carbocycles. The summed E-state index contributed by atoms with van der Waals surface area (Å²) in [7, 11) is 1.66. The highest BCUT2D eigenvalue weighted by Crippen LogP contribution is 2.42. The predicted octanol–water partition coefficient (Wildman–Crippen LogP) is 4.98. The molecule has 1 aromatic heterocycles. The van der Waals surface area contributed by atoms with E-state index in [1.54, 1.807) is 37.6 Å². The van der Waals surface area contributed by atoms with Crippen LogP contribution in [-0.4, -0.2) is 58.9 Å². The highest BCUT2D eigenvalue weighted by atomic mass is 35.5. The van der Waals surface area contributed by atoms with Crippen LogP contribution in [0, 0.1) is 11.8 Å². The SMILES string of the molecule is C=C[C@H]1CN2CC[C@H]1C[C@H]2[C@H](O)c1ccnc2ccc(OC)cc12.O=C(O)COc1ccc(Cl)cc1. The topological polar surface area (TPSA) is 92.1 Å².